The van der Waals surface area contributed by atoms with Gasteiger partial charge in [-0.1, -0.05) is 329 Å². The van der Waals surface area contributed by atoms with Crippen LogP contribution in [0.1, 0.15) is 381 Å². The largest absolute Gasteiger partial charge is 0.472 e. The number of hydrogen-bond acceptors (Lipinski definition) is 15. The Bertz CT molecular complexity index is 1940. The molecule has 0 aliphatic heterocycles. The predicted octanol–water partition coefficient (Wildman–Crippen LogP) is 22.4. The van der Waals surface area contributed by atoms with E-state index in [2.05, 4.69) is 58.9 Å². The second-order valence-corrected chi connectivity index (χ2v) is 30.2. The van der Waals surface area contributed by atoms with Crippen LogP contribution in [0.3, 0.4) is 0 Å². The van der Waals surface area contributed by atoms with Crippen LogP contribution in [0.25, 0.3) is 0 Å². The van der Waals surface area contributed by atoms with Crippen molar-refractivity contribution in [3.63, 3.8) is 0 Å². The number of carbonyl (C=O) groups is 4. The zero-order valence-corrected chi connectivity index (χ0v) is 63.8. The van der Waals surface area contributed by atoms with E-state index in [-0.39, 0.29) is 25.7 Å². The van der Waals surface area contributed by atoms with Crippen molar-refractivity contribution in [2.45, 2.75) is 400 Å². The molecule has 566 valence electrons. The standard InChI is InChI=1S/C77H146O17P2/c1-6-10-13-16-19-22-25-27-28-32-37-41-46-51-56-61-75(80)88-67-73(94-77(82)63-58-53-48-43-38-33-30-29-31-35-39-44-49-54-59-70(5)9-4)69-92-96(85,86)90-65-71(78)64-89-95(83,84)91-68-72(66-87-74(79)60-55-50-45-40-34-24-21-18-15-12-8-3)93-76(81)62-57-52-47-42-36-26-23-20-17-14-11-7-2/h22,25,27-28,70-73,78H,6-21,23-24,26,29-69H2,1-5H3,(H,83,84)(H,85,86)/b25-22-,28-27-/t70?,71-,72+,73+/m0/s1. The molecular formula is C77H146O17P2. The summed E-state index contributed by atoms with van der Waals surface area (Å²) < 4.78 is 68.5. The minimum atomic E-state index is -4.97. The van der Waals surface area contributed by atoms with Gasteiger partial charge in [-0.2, -0.15) is 0 Å². The highest BCUT2D eigenvalue weighted by Gasteiger charge is 2.30. The lowest BCUT2D eigenvalue weighted by Crippen LogP contribution is -2.30. The van der Waals surface area contributed by atoms with Gasteiger partial charge in [0.25, 0.3) is 0 Å². The van der Waals surface area contributed by atoms with Crippen molar-refractivity contribution in [1.29, 1.82) is 0 Å². The van der Waals surface area contributed by atoms with Gasteiger partial charge in [0, 0.05) is 25.7 Å². The lowest BCUT2D eigenvalue weighted by atomic mass is 9.99. The number of esters is 4. The lowest BCUT2D eigenvalue weighted by Gasteiger charge is -2.21. The predicted molar refractivity (Wildman–Crippen MR) is 391 cm³/mol. The molecule has 0 aromatic heterocycles. The number of carbonyl (C=O) groups excluding carboxylic acids is 4. The molecule has 0 bridgehead atoms. The van der Waals surface area contributed by atoms with Gasteiger partial charge in [0.05, 0.1) is 26.4 Å². The highest BCUT2D eigenvalue weighted by molar-refractivity contribution is 7.47. The van der Waals surface area contributed by atoms with Crippen LogP contribution < -0.4 is 0 Å². The number of ether oxygens (including phenoxy) is 4. The van der Waals surface area contributed by atoms with Gasteiger partial charge in [-0.05, 0) is 57.3 Å². The first-order valence-electron chi connectivity index (χ1n) is 39.5. The Hall–Kier alpha value is -2.46. The Balaban J connectivity index is 5.28. The lowest BCUT2D eigenvalue weighted by molar-refractivity contribution is -0.161. The molecule has 0 saturated carbocycles. The number of phosphoric acid groups is 2. The van der Waals surface area contributed by atoms with E-state index in [0.717, 1.165) is 115 Å². The molecule has 0 aliphatic rings. The second kappa shape index (κ2) is 69.6. The molecule has 3 unspecified atom stereocenters. The summed E-state index contributed by atoms with van der Waals surface area (Å²) in [4.78, 5) is 72.8. The van der Waals surface area contributed by atoms with Crippen LogP contribution in [0.2, 0.25) is 0 Å². The van der Waals surface area contributed by atoms with Crippen LogP contribution in [0.5, 0.6) is 0 Å². The summed E-state index contributed by atoms with van der Waals surface area (Å²) in [6.07, 6.45) is 61.6. The summed E-state index contributed by atoms with van der Waals surface area (Å²) in [5.74, 6) is -1.30. The quantitative estimate of drug-likeness (QED) is 0.0169. The molecule has 17 nitrogen and oxygen atoms in total. The van der Waals surface area contributed by atoms with Crippen LogP contribution in [-0.2, 0) is 65.4 Å². The molecule has 0 fully saturated rings. The Morgan fingerprint density at radius 1 is 0.333 bits per heavy atom. The summed E-state index contributed by atoms with van der Waals surface area (Å²) >= 11 is 0. The molecule has 0 aromatic carbocycles. The van der Waals surface area contributed by atoms with Gasteiger partial charge in [-0.15, -0.1) is 0 Å². The Morgan fingerprint density at radius 2 is 0.583 bits per heavy atom. The third kappa shape index (κ3) is 68.7. The minimum Gasteiger partial charge on any atom is -0.462 e. The number of rotatable bonds is 75. The van der Waals surface area contributed by atoms with E-state index in [0.29, 0.717) is 25.7 Å². The first kappa shape index (κ1) is 93.5. The number of phosphoric ester groups is 2. The van der Waals surface area contributed by atoms with Gasteiger partial charge in [0.2, 0.25) is 0 Å². The molecule has 0 aromatic rings. The summed E-state index contributed by atoms with van der Waals surface area (Å²) in [7, 11) is -9.92. The molecule has 0 heterocycles. The van der Waals surface area contributed by atoms with Crippen LogP contribution in [0.15, 0.2) is 24.3 Å². The summed E-state index contributed by atoms with van der Waals surface area (Å²) in [6.45, 7) is 7.28. The summed E-state index contributed by atoms with van der Waals surface area (Å²) in [5, 5.41) is 10.6. The number of hydrogen-bond donors (Lipinski definition) is 3. The first-order chi connectivity index (χ1) is 46.6. The SMILES string of the molecule is CCCCCC/C=C\C=C/CCCCCCCC(=O)OC[C@H](COP(=O)(O)OC[C@@H](O)COP(=O)(O)OC[C@@H](COC(=O)CCCCCCCCCCCCC)OC(=O)CCCCCCCCCCCCCC)OC(=O)CCCCCCCCCCCCCCCCC(C)CC. The third-order valence-electron chi connectivity index (χ3n) is 17.8. The van der Waals surface area contributed by atoms with Gasteiger partial charge < -0.3 is 33.8 Å². The van der Waals surface area contributed by atoms with Crippen molar-refractivity contribution >= 4 is 39.5 Å². The van der Waals surface area contributed by atoms with Crippen molar-refractivity contribution in [3.8, 4) is 0 Å². The van der Waals surface area contributed by atoms with E-state index in [9.17, 15) is 43.2 Å². The highest BCUT2D eigenvalue weighted by atomic mass is 31.2. The molecule has 6 atom stereocenters. The fraction of sp³-hybridized carbons (Fsp3) is 0.896. The van der Waals surface area contributed by atoms with Gasteiger partial charge >= 0.3 is 39.5 Å². The van der Waals surface area contributed by atoms with Gasteiger partial charge in [0.1, 0.15) is 19.3 Å². The summed E-state index contributed by atoms with van der Waals surface area (Å²) in [5.41, 5.74) is 0. The summed E-state index contributed by atoms with van der Waals surface area (Å²) in [6, 6.07) is 0. The molecule has 0 rings (SSSR count). The minimum absolute atomic E-state index is 0.101. The van der Waals surface area contributed by atoms with Crippen molar-refractivity contribution in [1.82, 2.24) is 0 Å². The maximum atomic E-state index is 13.1. The van der Waals surface area contributed by atoms with Crippen LogP contribution >= 0.6 is 15.6 Å². The Kier molecular flexibility index (Phi) is 67.8. The van der Waals surface area contributed by atoms with Crippen molar-refractivity contribution in [2.75, 3.05) is 39.6 Å². The number of aliphatic hydroxyl groups is 1. The number of unbranched alkanes of at least 4 members (excludes halogenated alkanes) is 43. The number of aliphatic hydroxyl groups excluding tert-OH is 1. The van der Waals surface area contributed by atoms with Crippen molar-refractivity contribution < 1.29 is 80.2 Å². The molecule has 0 spiro atoms. The molecule has 0 radical (unpaired) electrons. The van der Waals surface area contributed by atoms with Gasteiger partial charge in [-0.25, -0.2) is 9.13 Å². The van der Waals surface area contributed by atoms with Crippen LogP contribution in [0.4, 0.5) is 0 Å². The van der Waals surface area contributed by atoms with E-state index in [1.165, 1.54) is 186 Å². The van der Waals surface area contributed by atoms with E-state index in [4.69, 9.17) is 37.0 Å². The van der Waals surface area contributed by atoms with E-state index < -0.39 is 97.5 Å². The smallest absolute Gasteiger partial charge is 0.462 e. The molecule has 3 N–H and O–H groups in total. The zero-order valence-electron chi connectivity index (χ0n) is 62.0. The number of allylic oxidation sites excluding steroid dienone is 4. The normalized spacial score (nSPS) is 14.4. The van der Waals surface area contributed by atoms with Crippen LogP contribution in [-0.4, -0.2) is 96.7 Å². The van der Waals surface area contributed by atoms with E-state index >= 15 is 0 Å². The van der Waals surface area contributed by atoms with E-state index in [1.807, 2.05) is 0 Å². The maximum absolute atomic E-state index is 13.1. The fourth-order valence-electron chi connectivity index (χ4n) is 11.3. The van der Waals surface area contributed by atoms with Gasteiger partial charge in [0.15, 0.2) is 12.2 Å². The van der Waals surface area contributed by atoms with Crippen molar-refractivity contribution in [2.24, 2.45) is 5.92 Å². The average Bonchev–Trinajstić information content (AvgIpc) is 1.60. The second-order valence-electron chi connectivity index (χ2n) is 27.3. The average molecular weight is 1410 g/mol. The molecule has 96 heavy (non-hydrogen) atoms. The van der Waals surface area contributed by atoms with Gasteiger partial charge in [-0.3, -0.25) is 37.3 Å². The third-order valence-corrected chi connectivity index (χ3v) is 19.7. The zero-order chi connectivity index (χ0) is 70.5. The molecule has 0 amide bonds. The topological polar surface area (TPSA) is 237 Å². The first-order valence-corrected chi connectivity index (χ1v) is 42.5. The monoisotopic (exact) mass is 1410 g/mol. The van der Waals surface area contributed by atoms with E-state index in [1.54, 1.807) is 0 Å². The fourth-order valence-corrected chi connectivity index (χ4v) is 12.9. The molecule has 19 heteroatoms. The Labute approximate surface area is 586 Å². The Morgan fingerprint density at radius 3 is 0.885 bits per heavy atom. The molecule has 0 saturated heterocycles. The molecular weight excluding hydrogens is 1260 g/mol. The van der Waals surface area contributed by atoms with Crippen molar-refractivity contribution in [3.05, 3.63) is 24.3 Å². The molecule has 0 aliphatic carbocycles. The maximum Gasteiger partial charge on any atom is 0.472 e. The highest BCUT2D eigenvalue weighted by Crippen LogP contribution is 2.45. The van der Waals surface area contributed by atoms with Crippen LogP contribution in [0, 0.1) is 5.92 Å².